The first kappa shape index (κ1) is 21.4. The van der Waals surface area contributed by atoms with Crippen LogP contribution in [0.5, 0.6) is 11.5 Å². The van der Waals surface area contributed by atoms with E-state index in [0.717, 1.165) is 48.8 Å². The van der Waals surface area contributed by atoms with E-state index < -0.39 is 0 Å². The van der Waals surface area contributed by atoms with Gasteiger partial charge in [-0.05, 0) is 61.6 Å². The molecule has 2 heterocycles. The maximum Gasteiger partial charge on any atom is 0.231 e. The number of hydrogen-bond donors (Lipinski definition) is 2. The summed E-state index contributed by atoms with van der Waals surface area (Å²) in [5.74, 6) is 2.16. The highest BCUT2D eigenvalue weighted by molar-refractivity contribution is 5.79. The van der Waals surface area contributed by atoms with Gasteiger partial charge in [-0.3, -0.25) is 4.99 Å². The van der Waals surface area contributed by atoms with Gasteiger partial charge in [0.1, 0.15) is 5.82 Å². The molecule has 0 unspecified atom stereocenters. The van der Waals surface area contributed by atoms with Gasteiger partial charge in [0.05, 0.1) is 6.54 Å². The largest absolute Gasteiger partial charge is 0.454 e. The molecule has 6 nitrogen and oxygen atoms in total. The summed E-state index contributed by atoms with van der Waals surface area (Å²) in [5.41, 5.74) is 2.06. The molecule has 2 aromatic carbocycles. The zero-order valence-electron chi connectivity index (χ0n) is 18.0. The summed E-state index contributed by atoms with van der Waals surface area (Å²) in [5, 5.41) is 6.70. The second-order valence-electron chi connectivity index (χ2n) is 7.96. The van der Waals surface area contributed by atoms with Crippen molar-refractivity contribution in [1.29, 1.82) is 0 Å². The van der Waals surface area contributed by atoms with E-state index in [9.17, 15) is 4.39 Å². The number of nitrogens with zero attached hydrogens (tertiary/aromatic N) is 1. The lowest BCUT2D eigenvalue weighted by molar-refractivity contribution is 0.0530. The summed E-state index contributed by atoms with van der Waals surface area (Å²) < 4.78 is 30.1. The van der Waals surface area contributed by atoms with E-state index in [0.29, 0.717) is 26.3 Å². The number of halogens is 1. The number of hydrogen-bond acceptors (Lipinski definition) is 4. The van der Waals surface area contributed by atoms with Crippen LogP contribution in [-0.2, 0) is 16.6 Å². The van der Waals surface area contributed by atoms with Crippen molar-refractivity contribution in [3.05, 3.63) is 59.4 Å². The van der Waals surface area contributed by atoms with Crippen LogP contribution >= 0.6 is 0 Å². The zero-order chi connectivity index (χ0) is 21.5. The van der Waals surface area contributed by atoms with Crippen molar-refractivity contribution in [2.45, 2.75) is 31.6 Å². The van der Waals surface area contributed by atoms with Gasteiger partial charge in [-0.15, -0.1) is 0 Å². The van der Waals surface area contributed by atoms with Gasteiger partial charge < -0.3 is 24.8 Å². The normalized spacial score (nSPS) is 17.4. The van der Waals surface area contributed by atoms with E-state index >= 15 is 0 Å². The van der Waals surface area contributed by atoms with Crippen molar-refractivity contribution in [2.24, 2.45) is 4.99 Å². The Bertz CT molecular complexity index is 913. The number of aliphatic imine (C=N–C) groups is 1. The Morgan fingerprint density at radius 3 is 2.71 bits per heavy atom. The van der Waals surface area contributed by atoms with Gasteiger partial charge in [-0.1, -0.05) is 18.2 Å². The molecule has 0 spiro atoms. The molecule has 2 aromatic rings. The lowest BCUT2D eigenvalue weighted by Gasteiger charge is -2.36. The molecule has 166 valence electrons. The fourth-order valence-electron chi connectivity index (χ4n) is 4.12. The molecule has 0 bridgehead atoms. The molecule has 0 aliphatic carbocycles. The fraction of sp³-hybridized carbons (Fsp3) is 0.458. The van der Waals surface area contributed by atoms with E-state index in [1.807, 2.05) is 19.1 Å². The Morgan fingerprint density at radius 2 is 1.90 bits per heavy atom. The number of benzene rings is 2. The standard InChI is InChI=1S/C24H30FN3O3/c1-2-26-23(27-11-8-18-4-3-5-20(25)14-18)28-16-24(9-12-29-13-10-24)19-6-7-21-22(15-19)31-17-30-21/h3-7,14-15H,2,8-13,16-17H2,1H3,(H2,26,27,28). The summed E-state index contributed by atoms with van der Waals surface area (Å²) in [6, 6.07) is 12.9. The molecule has 0 atom stereocenters. The molecule has 4 rings (SSSR count). The lowest BCUT2D eigenvalue weighted by Crippen LogP contribution is -2.41. The summed E-state index contributed by atoms with van der Waals surface area (Å²) >= 11 is 0. The second-order valence-corrected chi connectivity index (χ2v) is 7.96. The quantitative estimate of drug-likeness (QED) is 0.524. The molecular formula is C24H30FN3O3. The van der Waals surface area contributed by atoms with Crippen LogP contribution in [0.1, 0.15) is 30.9 Å². The van der Waals surface area contributed by atoms with Gasteiger partial charge >= 0.3 is 0 Å². The van der Waals surface area contributed by atoms with Crippen LogP contribution in [-0.4, -0.2) is 45.6 Å². The molecule has 31 heavy (non-hydrogen) atoms. The zero-order valence-corrected chi connectivity index (χ0v) is 18.0. The van der Waals surface area contributed by atoms with Crippen molar-refractivity contribution in [1.82, 2.24) is 10.6 Å². The van der Waals surface area contributed by atoms with Crippen molar-refractivity contribution >= 4 is 5.96 Å². The van der Waals surface area contributed by atoms with Crippen LogP contribution in [0.15, 0.2) is 47.5 Å². The van der Waals surface area contributed by atoms with E-state index in [-0.39, 0.29) is 18.0 Å². The Morgan fingerprint density at radius 1 is 1.06 bits per heavy atom. The van der Waals surface area contributed by atoms with Crippen LogP contribution in [0, 0.1) is 5.82 Å². The Hall–Kier alpha value is -2.80. The first-order chi connectivity index (χ1) is 15.2. The monoisotopic (exact) mass is 427 g/mol. The van der Waals surface area contributed by atoms with Crippen LogP contribution < -0.4 is 20.1 Å². The van der Waals surface area contributed by atoms with Gasteiger partial charge in [-0.2, -0.15) is 0 Å². The summed E-state index contributed by atoms with van der Waals surface area (Å²) in [4.78, 5) is 4.92. The minimum atomic E-state index is -0.205. The third-order valence-electron chi connectivity index (χ3n) is 5.91. The van der Waals surface area contributed by atoms with Gasteiger partial charge in [0.15, 0.2) is 17.5 Å². The molecule has 2 aliphatic heterocycles. The van der Waals surface area contributed by atoms with E-state index in [1.54, 1.807) is 12.1 Å². The minimum absolute atomic E-state index is 0.107. The van der Waals surface area contributed by atoms with Gasteiger partial charge in [0, 0.05) is 31.7 Å². The first-order valence-corrected chi connectivity index (χ1v) is 10.9. The first-order valence-electron chi connectivity index (χ1n) is 10.9. The summed E-state index contributed by atoms with van der Waals surface area (Å²) in [7, 11) is 0. The Kier molecular flexibility index (Phi) is 6.92. The average molecular weight is 428 g/mol. The van der Waals surface area contributed by atoms with Crippen LogP contribution in [0.2, 0.25) is 0 Å². The minimum Gasteiger partial charge on any atom is -0.454 e. The molecular weight excluding hydrogens is 397 g/mol. The summed E-state index contributed by atoms with van der Waals surface area (Å²) in [6.45, 7) is 5.84. The number of nitrogens with one attached hydrogen (secondary N) is 2. The number of fused-ring (bicyclic) bond motifs is 1. The van der Waals surface area contributed by atoms with Gasteiger partial charge in [-0.25, -0.2) is 4.39 Å². The van der Waals surface area contributed by atoms with E-state index in [2.05, 4.69) is 22.8 Å². The smallest absolute Gasteiger partial charge is 0.231 e. The number of guanidine groups is 1. The highest BCUT2D eigenvalue weighted by Crippen LogP contribution is 2.41. The van der Waals surface area contributed by atoms with Gasteiger partial charge in [0.2, 0.25) is 6.79 Å². The highest BCUT2D eigenvalue weighted by Gasteiger charge is 2.35. The van der Waals surface area contributed by atoms with Crippen molar-refractivity contribution in [3.63, 3.8) is 0 Å². The lowest BCUT2D eigenvalue weighted by atomic mass is 9.74. The Balaban J connectivity index is 1.46. The predicted molar refractivity (Wildman–Crippen MR) is 118 cm³/mol. The van der Waals surface area contributed by atoms with Crippen LogP contribution in [0.3, 0.4) is 0 Å². The third-order valence-corrected chi connectivity index (χ3v) is 5.91. The SMILES string of the molecule is CCNC(=NCC1(c2ccc3c(c2)OCO3)CCOCC1)NCCc1cccc(F)c1. The average Bonchev–Trinajstić information content (AvgIpc) is 3.26. The topological polar surface area (TPSA) is 64.1 Å². The molecule has 0 aromatic heterocycles. The molecule has 2 N–H and O–H groups in total. The molecule has 0 saturated carbocycles. The molecule has 1 saturated heterocycles. The summed E-state index contributed by atoms with van der Waals surface area (Å²) in [6.07, 6.45) is 2.53. The van der Waals surface area contributed by atoms with Crippen LogP contribution in [0.4, 0.5) is 4.39 Å². The predicted octanol–water partition coefficient (Wildman–Crippen LogP) is 3.40. The van der Waals surface area contributed by atoms with Crippen LogP contribution in [0.25, 0.3) is 0 Å². The van der Waals surface area contributed by atoms with E-state index in [4.69, 9.17) is 19.2 Å². The third kappa shape index (κ3) is 5.28. The number of ether oxygens (including phenoxy) is 3. The van der Waals surface area contributed by atoms with Crippen molar-refractivity contribution in [3.8, 4) is 11.5 Å². The fourth-order valence-corrected chi connectivity index (χ4v) is 4.12. The number of rotatable bonds is 7. The maximum absolute atomic E-state index is 13.4. The highest BCUT2D eigenvalue weighted by atomic mass is 19.1. The Labute approximate surface area is 182 Å². The van der Waals surface area contributed by atoms with E-state index in [1.165, 1.54) is 11.6 Å². The molecule has 0 radical (unpaired) electrons. The molecule has 2 aliphatic rings. The van der Waals surface area contributed by atoms with Crippen molar-refractivity contribution in [2.75, 3.05) is 39.6 Å². The maximum atomic E-state index is 13.4. The van der Waals surface area contributed by atoms with Crippen molar-refractivity contribution < 1.29 is 18.6 Å². The molecule has 1 fully saturated rings. The molecule has 0 amide bonds. The second kappa shape index (κ2) is 10.0. The van der Waals surface area contributed by atoms with Gasteiger partial charge in [0.25, 0.3) is 0 Å². The molecule has 7 heteroatoms.